The van der Waals surface area contributed by atoms with Crippen LogP contribution in [0.3, 0.4) is 0 Å². The number of anilines is 2. The zero-order valence-corrected chi connectivity index (χ0v) is 20.0. The molecule has 0 atom stereocenters. The topological polar surface area (TPSA) is 86.0 Å². The number of halogens is 6. The molecule has 5 rings (SSSR count). The van der Waals surface area contributed by atoms with Gasteiger partial charge in [0.2, 0.25) is 5.89 Å². The van der Waals surface area contributed by atoms with Crippen molar-refractivity contribution in [1.29, 1.82) is 0 Å². The predicted octanol–water partition coefficient (Wildman–Crippen LogP) is 7.24. The van der Waals surface area contributed by atoms with E-state index in [1.165, 1.54) is 24.5 Å². The van der Waals surface area contributed by atoms with Crippen LogP contribution in [0.5, 0.6) is 5.75 Å². The molecule has 0 unspecified atom stereocenters. The Morgan fingerprint density at radius 3 is 2.54 bits per heavy atom. The van der Waals surface area contributed by atoms with Gasteiger partial charge in [-0.25, -0.2) is 14.4 Å². The van der Waals surface area contributed by atoms with Gasteiger partial charge in [-0.3, -0.25) is 0 Å². The Morgan fingerprint density at radius 2 is 1.81 bits per heavy atom. The zero-order valence-electron chi connectivity index (χ0n) is 18.5. The van der Waals surface area contributed by atoms with E-state index in [0.29, 0.717) is 38.7 Å². The van der Waals surface area contributed by atoms with Crippen molar-refractivity contribution in [1.82, 2.24) is 20.2 Å². The smallest absolute Gasteiger partial charge is 0.470 e. The van der Waals surface area contributed by atoms with Crippen LogP contribution in [-0.4, -0.2) is 20.2 Å². The Hall–Kier alpha value is -3.96. The normalized spacial score (nSPS) is 11.3. The summed E-state index contributed by atoms with van der Waals surface area (Å²) in [4.78, 5) is 8.42. The first-order valence-corrected chi connectivity index (χ1v) is 10.7. The summed E-state index contributed by atoms with van der Waals surface area (Å²) in [5.74, 6) is -1.31. The highest BCUT2D eigenvalue weighted by Gasteiger charge is 2.38. The molecule has 37 heavy (non-hydrogen) atoms. The van der Waals surface area contributed by atoms with Crippen LogP contribution in [0.2, 0.25) is 5.02 Å². The molecule has 0 aliphatic heterocycles. The van der Waals surface area contributed by atoms with Crippen LogP contribution < -0.4 is 10.1 Å². The van der Waals surface area contributed by atoms with Gasteiger partial charge in [-0.2, -0.15) is 13.2 Å². The number of hydrogen-bond acceptors (Lipinski definition) is 7. The quantitative estimate of drug-likeness (QED) is 0.222. The number of alkyl halides is 3. The van der Waals surface area contributed by atoms with Crippen LogP contribution >= 0.6 is 24.0 Å². The number of ether oxygens (including phenoxy) is 1. The van der Waals surface area contributed by atoms with Crippen molar-refractivity contribution in [2.75, 3.05) is 5.32 Å². The molecule has 7 nitrogen and oxygen atoms in total. The second kappa shape index (κ2) is 10.6. The molecule has 0 saturated carbocycles. The molecule has 0 radical (unpaired) electrons. The Kier molecular flexibility index (Phi) is 7.46. The molecule has 2 heterocycles. The number of nitrogens with one attached hydrogen (secondary N) is 1. The van der Waals surface area contributed by atoms with E-state index < -0.39 is 12.1 Å². The lowest BCUT2D eigenvalue weighted by Crippen LogP contribution is -2.04. The standard InChI is InChI=1S/C24H14ClF4N5O2.ClH/c25-18-10-16(5-7-20(18)35-11-13-2-1-3-15(26)8-13)32-21-17-9-14(4-6-19(17)30-12-31-21)22-33-34-23(36-22)24(27,28)29;/h1-10,12H,11H2,(H,30,31,32);1H. The molecule has 0 bridgehead atoms. The second-order valence-electron chi connectivity index (χ2n) is 7.55. The fraction of sp³-hybridized carbons (Fsp3) is 0.0833. The maximum atomic E-state index is 13.4. The first-order valence-electron chi connectivity index (χ1n) is 10.4. The summed E-state index contributed by atoms with van der Waals surface area (Å²) in [5, 5.41) is 10.5. The van der Waals surface area contributed by atoms with Crippen molar-refractivity contribution in [3.63, 3.8) is 0 Å². The maximum Gasteiger partial charge on any atom is 0.470 e. The Balaban J connectivity index is 0.00000320. The van der Waals surface area contributed by atoms with Crippen LogP contribution in [0.1, 0.15) is 11.5 Å². The number of aromatic nitrogens is 4. The highest BCUT2D eigenvalue weighted by Crippen LogP contribution is 2.34. The number of hydrogen-bond donors (Lipinski definition) is 1. The molecule has 1 N–H and O–H groups in total. The molecular formula is C24H15Cl2F4N5O2. The highest BCUT2D eigenvalue weighted by molar-refractivity contribution is 6.32. The molecule has 2 aromatic heterocycles. The second-order valence-corrected chi connectivity index (χ2v) is 7.96. The van der Waals surface area contributed by atoms with Crippen molar-refractivity contribution in [3.05, 3.63) is 89.3 Å². The van der Waals surface area contributed by atoms with Gasteiger partial charge in [-0.05, 0) is 54.1 Å². The van der Waals surface area contributed by atoms with Gasteiger partial charge in [-0.1, -0.05) is 23.7 Å². The zero-order chi connectivity index (χ0) is 25.3. The number of fused-ring (bicyclic) bond motifs is 1. The van der Waals surface area contributed by atoms with Crippen LogP contribution in [0.4, 0.5) is 29.1 Å². The van der Waals surface area contributed by atoms with E-state index in [1.54, 1.807) is 42.5 Å². The van der Waals surface area contributed by atoms with Crippen LogP contribution in [0, 0.1) is 5.82 Å². The molecular weight excluding hydrogens is 537 g/mol. The minimum absolute atomic E-state index is 0. The molecule has 5 aromatic rings. The predicted molar refractivity (Wildman–Crippen MR) is 131 cm³/mol. The third-order valence-corrected chi connectivity index (χ3v) is 5.32. The minimum atomic E-state index is -4.75. The van der Waals surface area contributed by atoms with Crippen molar-refractivity contribution >= 4 is 46.4 Å². The van der Waals surface area contributed by atoms with E-state index in [4.69, 9.17) is 20.8 Å². The Morgan fingerprint density at radius 1 is 0.973 bits per heavy atom. The monoisotopic (exact) mass is 551 g/mol. The SMILES string of the molecule is Cl.Fc1cccc(COc2ccc(Nc3ncnc4ccc(-c5nnc(C(F)(F)F)o5)cc34)cc2Cl)c1. The van der Waals surface area contributed by atoms with E-state index >= 15 is 0 Å². The van der Waals surface area contributed by atoms with Gasteiger partial charge < -0.3 is 14.5 Å². The van der Waals surface area contributed by atoms with E-state index in [1.807, 2.05) is 0 Å². The van der Waals surface area contributed by atoms with Gasteiger partial charge in [0.05, 0.1) is 10.5 Å². The molecule has 0 aliphatic rings. The number of rotatable bonds is 6. The van der Waals surface area contributed by atoms with Crippen LogP contribution in [-0.2, 0) is 12.8 Å². The van der Waals surface area contributed by atoms with E-state index in [2.05, 4.69) is 25.5 Å². The third kappa shape index (κ3) is 5.89. The molecule has 0 amide bonds. The van der Waals surface area contributed by atoms with Gasteiger partial charge >= 0.3 is 12.1 Å². The summed E-state index contributed by atoms with van der Waals surface area (Å²) in [6.45, 7) is 0.134. The highest BCUT2D eigenvalue weighted by atomic mass is 35.5. The molecule has 13 heteroatoms. The lowest BCUT2D eigenvalue weighted by Gasteiger charge is -2.12. The molecule has 0 fully saturated rings. The van der Waals surface area contributed by atoms with E-state index in [9.17, 15) is 17.6 Å². The lowest BCUT2D eigenvalue weighted by molar-refractivity contribution is -0.156. The fourth-order valence-corrected chi connectivity index (χ4v) is 3.60. The van der Waals surface area contributed by atoms with Crippen LogP contribution in [0.25, 0.3) is 22.4 Å². The fourth-order valence-electron chi connectivity index (χ4n) is 3.36. The minimum Gasteiger partial charge on any atom is -0.487 e. The summed E-state index contributed by atoms with van der Waals surface area (Å²) in [7, 11) is 0. The third-order valence-electron chi connectivity index (χ3n) is 5.03. The molecule has 0 saturated heterocycles. The first kappa shape index (κ1) is 26.1. The summed E-state index contributed by atoms with van der Waals surface area (Å²) in [6, 6.07) is 15.7. The van der Waals surface area contributed by atoms with Gasteiger partial charge in [0.25, 0.3) is 0 Å². The Bertz CT molecular complexity index is 1560. The largest absolute Gasteiger partial charge is 0.487 e. The van der Waals surface area contributed by atoms with Crippen molar-refractivity contribution < 1.29 is 26.7 Å². The van der Waals surface area contributed by atoms with E-state index in [0.717, 1.165) is 0 Å². The first-order chi connectivity index (χ1) is 17.3. The van der Waals surface area contributed by atoms with E-state index in [-0.39, 0.29) is 36.3 Å². The van der Waals surface area contributed by atoms with Gasteiger partial charge in [0.1, 0.15) is 30.3 Å². The summed E-state index contributed by atoms with van der Waals surface area (Å²) in [6.07, 6.45) is -3.40. The van der Waals surface area contributed by atoms with Crippen LogP contribution in [0.15, 0.2) is 71.4 Å². The molecule has 190 valence electrons. The summed E-state index contributed by atoms with van der Waals surface area (Å²) in [5.41, 5.74) is 2.02. The van der Waals surface area contributed by atoms with Gasteiger partial charge in [-0.15, -0.1) is 22.6 Å². The summed E-state index contributed by atoms with van der Waals surface area (Å²) >= 11 is 6.36. The molecule has 0 spiro atoms. The Labute approximate surface area is 217 Å². The van der Waals surface area contributed by atoms with Crippen molar-refractivity contribution in [3.8, 4) is 17.2 Å². The van der Waals surface area contributed by atoms with Crippen molar-refractivity contribution in [2.24, 2.45) is 0 Å². The van der Waals surface area contributed by atoms with Gasteiger partial charge in [0.15, 0.2) is 0 Å². The van der Waals surface area contributed by atoms with Crippen molar-refractivity contribution in [2.45, 2.75) is 12.8 Å². The molecule has 0 aliphatic carbocycles. The number of benzene rings is 3. The summed E-state index contributed by atoms with van der Waals surface area (Å²) < 4.78 is 62.3. The molecule has 3 aromatic carbocycles. The number of nitrogens with zero attached hydrogens (tertiary/aromatic N) is 4. The maximum absolute atomic E-state index is 13.4. The average molecular weight is 552 g/mol. The van der Waals surface area contributed by atoms with Gasteiger partial charge in [0, 0.05) is 16.6 Å². The lowest BCUT2D eigenvalue weighted by atomic mass is 10.1. The average Bonchev–Trinajstić information content (AvgIpc) is 3.35.